The second kappa shape index (κ2) is 4.81. The highest BCUT2D eigenvalue weighted by atomic mass is 16.5. The Morgan fingerprint density at radius 1 is 1.47 bits per heavy atom. The maximum atomic E-state index is 8.77. The largest absolute Gasteiger partial charge is 0.380 e. The van der Waals surface area contributed by atoms with Crippen molar-refractivity contribution in [1.82, 2.24) is 0 Å². The summed E-state index contributed by atoms with van der Waals surface area (Å²) in [6.07, 6.45) is 2.24. The number of nitriles is 1. The summed E-state index contributed by atoms with van der Waals surface area (Å²) in [4.78, 5) is 0. The predicted molar refractivity (Wildman–Crippen MR) is 58.6 cm³/mol. The first-order chi connectivity index (χ1) is 7.38. The van der Waals surface area contributed by atoms with E-state index in [1.807, 2.05) is 24.3 Å². The number of hydrogen-bond acceptors (Lipinski definition) is 3. The number of nitrogens with one attached hydrogen (secondary N) is 1. The van der Waals surface area contributed by atoms with E-state index in [1.54, 1.807) is 0 Å². The first-order valence-electron chi connectivity index (χ1n) is 5.23. The summed E-state index contributed by atoms with van der Waals surface area (Å²) in [5.41, 5.74) is 1.70. The van der Waals surface area contributed by atoms with Crippen LogP contribution >= 0.6 is 0 Å². The van der Waals surface area contributed by atoms with E-state index in [-0.39, 0.29) is 0 Å². The average molecular weight is 202 g/mol. The lowest BCUT2D eigenvalue weighted by Gasteiger charge is -2.24. The minimum Gasteiger partial charge on any atom is -0.380 e. The average Bonchev–Trinajstić information content (AvgIpc) is 2.31. The summed E-state index contributed by atoms with van der Waals surface area (Å²) < 4.78 is 5.38. The molecule has 1 aliphatic heterocycles. The van der Waals surface area contributed by atoms with Crippen LogP contribution in [0.25, 0.3) is 0 Å². The molecule has 1 aliphatic rings. The normalized spacial score (nSPS) is 20.6. The van der Waals surface area contributed by atoms with Crippen molar-refractivity contribution in [1.29, 1.82) is 5.26 Å². The third-order valence-corrected chi connectivity index (χ3v) is 2.52. The summed E-state index contributed by atoms with van der Waals surface area (Å²) in [5, 5.41) is 12.1. The van der Waals surface area contributed by atoms with E-state index in [2.05, 4.69) is 11.4 Å². The Balaban J connectivity index is 2.00. The number of nitrogens with zero attached hydrogens (tertiary/aromatic N) is 1. The summed E-state index contributed by atoms with van der Waals surface area (Å²) in [6.45, 7) is 1.63. The molecule has 0 bridgehead atoms. The van der Waals surface area contributed by atoms with Gasteiger partial charge in [0, 0.05) is 18.3 Å². The standard InChI is InChI=1S/C12H14N2O/c13-8-10-3-1-4-11(7-10)14-12-5-2-6-15-9-12/h1,3-4,7,12,14H,2,5-6,9H2. The first kappa shape index (κ1) is 10.0. The molecule has 0 spiro atoms. The Hall–Kier alpha value is -1.53. The maximum absolute atomic E-state index is 8.77. The maximum Gasteiger partial charge on any atom is 0.0992 e. The van der Waals surface area contributed by atoms with Crippen LogP contribution < -0.4 is 5.32 Å². The summed E-state index contributed by atoms with van der Waals surface area (Å²) >= 11 is 0. The molecule has 0 radical (unpaired) electrons. The minimum atomic E-state index is 0.382. The van der Waals surface area contributed by atoms with E-state index < -0.39 is 0 Å². The molecular weight excluding hydrogens is 188 g/mol. The molecule has 1 aromatic carbocycles. The molecule has 78 valence electrons. The van der Waals surface area contributed by atoms with Gasteiger partial charge in [0.2, 0.25) is 0 Å². The third-order valence-electron chi connectivity index (χ3n) is 2.52. The van der Waals surface area contributed by atoms with Gasteiger partial charge in [-0.2, -0.15) is 5.26 Å². The second-order valence-electron chi connectivity index (χ2n) is 3.75. The molecule has 3 nitrogen and oxygen atoms in total. The predicted octanol–water partition coefficient (Wildman–Crippen LogP) is 2.15. The lowest BCUT2D eigenvalue weighted by molar-refractivity contribution is 0.0876. The van der Waals surface area contributed by atoms with Gasteiger partial charge >= 0.3 is 0 Å². The lowest BCUT2D eigenvalue weighted by Crippen LogP contribution is -2.29. The molecular formula is C12H14N2O. The van der Waals surface area contributed by atoms with Crippen molar-refractivity contribution in [3.05, 3.63) is 29.8 Å². The van der Waals surface area contributed by atoms with Gasteiger partial charge in [-0.3, -0.25) is 0 Å². The van der Waals surface area contributed by atoms with Crippen molar-refractivity contribution >= 4 is 5.69 Å². The molecule has 2 rings (SSSR count). The van der Waals surface area contributed by atoms with Crippen molar-refractivity contribution in [3.63, 3.8) is 0 Å². The van der Waals surface area contributed by atoms with Crippen LogP contribution in [0.15, 0.2) is 24.3 Å². The van der Waals surface area contributed by atoms with Crippen molar-refractivity contribution in [3.8, 4) is 6.07 Å². The van der Waals surface area contributed by atoms with E-state index in [4.69, 9.17) is 10.00 Å². The van der Waals surface area contributed by atoms with Gasteiger partial charge in [0.15, 0.2) is 0 Å². The summed E-state index contributed by atoms with van der Waals surface area (Å²) in [5.74, 6) is 0. The number of benzene rings is 1. The monoisotopic (exact) mass is 202 g/mol. The first-order valence-corrected chi connectivity index (χ1v) is 5.23. The molecule has 15 heavy (non-hydrogen) atoms. The summed E-state index contributed by atoms with van der Waals surface area (Å²) in [7, 11) is 0. The Bertz CT molecular complexity index is 364. The molecule has 0 amide bonds. The van der Waals surface area contributed by atoms with Crippen molar-refractivity contribution < 1.29 is 4.74 Å². The second-order valence-corrected chi connectivity index (χ2v) is 3.75. The van der Waals surface area contributed by atoms with E-state index in [9.17, 15) is 0 Å². The van der Waals surface area contributed by atoms with E-state index in [1.165, 1.54) is 0 Å². The van der Waals surface area contributed by atoms with Crippen LogP contribution in [0.2, 0.25) is 0 Å². The molecule has 3 heteroatoms. The molecule has 0 aromatic heterocycles. The Morgan fingerprint density at radius 3 is 3.13 bits per heavy atom. The van der Waals surface area contributed by atoms with E-state index in [0.29, 0.717) is 11.6 Å². The zero-order valence-corrected chi connectivity index (χ0v) is 8.57. The lowest BCUT2D eigenvalue weighted by atomic mass is 10.1. The van der Waals surface area contributed by atoms with Crippen molar-refractivity contribution in [2.45, 2.75) is 18.9 Å². The molecule has 1 fully saturated rings. The molecule has 1 unspecified atom stereocenters. The smallest absolute Gasteiger partial charge is 0.0992 e. The van der Waals surface area contributed by atoms with Gasteiger partial charge in [0.25, 0.3) is 0 Å². The number of rotatable bonds is 2. The molecule has 0 saturated carbocycles. The molecule has 0 aliphatic carbocycles. The number of anilines is 1. The number of hydrogen-bond donors (Lipinski definition) is 1. The van der Waals surface area contributed by atoms with Gasteiger partial charge in [-0.25, -0.2) is 0 Å². The highest BCUT2D eigenvalue weighted by Gasteiger charge is 2.13. The third kappa shape index (κ3) is 2.71. The Kier molecular flexibility index (Phi) is 3.21. The number of ether oxygens (including phenoxy) is 1. The molecule has 1 heterocycles. The SMILES string of the molecule is N#Cc1cccc(NC2CCCOC2)c1. The van der Waals surface area contributed by atoms with Gasteiger partial charge in [-0.1, -0.05) is 6.07 Å². The van der Waals surface area contributed by atoms with Crippen molar-refractivity contribution in [2.75, 3.05) is 18.5 Å². The van der Waals surface area contributed by atoms with E-state index >= 15 is 0 Å². The van der Waals surface area contributed by atoms with Crippen LogP contribution in [0.1, 0.15) is 18.4 Å². The Labute approximate surface area is 89.7 Å². The zero-order valence-electron chi connectivity index (χ0n) is 8.57. The van der Waals surface area contributed by atoms with Gasteiger partial charge in [-0.05, 0) is 31.0 Å². The molecule has 1 atom stereocenters. The Morgan fingerprint density at radius 2 is 2.40 bits per heavy atom. The highest BCUT2D eigenvalue weighted by molar-refractivity contribution is 5.49. The van der Waals surface area contributed by atoms with Crippen LogP contribution in [0.4, 0.5) is 5.69 Å². The van der Waals surface area contributed by atoms with E-state index in [0.717, 1.165) is 31.7 Å². The van der Waals surface area contributed by atoms with Crippen LogP contribution in [-0.4, -0.2) is 19.3 Å². The van der Waals surface area contributed by atoms with Gasteiger partial charge in [0.05, 0.1) is 18.2 Å². The highest BCUT2D eigenvalue weighted by Crippen LogP contribution is 2.15. The van der Waals surface area contributed by atoms with Gasteiger partial charge < -0.3 is 10.1 Å². The van der Waals surface area contributed by atoms with Gasteiger partial charge in [0.1, 0.15) is 0 Å². The summed E-state index contributed by atoms with van der Waals surface area (Å²) in [6, 6.07) is 10.1. The van der Waals surface area contributed by atoms with Crippen LogP contribution in [0.5, 0.6) is 0 Å². The minimum absolute atomic E-state index is 0.382. The molecule has 1 aromatic rings. The van der Waals surface area contributed by atoms with Crippen LogP contribution in [0, 0.1) is 11.3 Å². The van der Waals surface area contributed by atoms with Crippen molar-refractivity contribution in [2.24, 2.45) is 0 Å². The van der Waals surface area contributed by atoms with Crippen LogP contribution in [-0.2, 0) is 4.74 Å². The van der Waals surface area contributed by atoms with Crippen LogP contribution in [0.3, 0.4) is 0 Å². The fraction of sp³-hybridized carbons (Fsp3) is 0.417. The fourth-order valence-electron chi connectivity index (χ4n) is 1.77. The van der Waals surface area contributed by atoms with Gasteiger partial charge in [-0.15, -0.1) is 0 Å². The topological polar surface area (TPSA) is 45.0 Å². The molecule has 1 N–H and O–H groups in total. The fourth-order valence-corrected chi connectivity index (χ4v) is 1.77. The zero-order chi connectivity index (χ0) is 10.5. The molecule has 1 saturated heterocycles. The quantitative estimate of drug-likeness (QED) is 0.799.